The Kier molecular flexibility index (Phi) is 3.84. The summed E-state index contributed by atoms with van der Waals surface area (Å²) in [5.41, 5.74) is 5.19. The molecule has 1 saturated carbocycles. The maximum Gasteiger partial charge on any atom is 0.225 e. The molecule has 4 N–H and O–H groups in total. The predicted molar refractivity (Wildman–Crippen MR) is 71.2 cm³/mol. The van der Waals surface area contributed by atoms with Crippen molar-refractivity contribution in [3.05, 3.63) is 18.0 Å². The van der Waals surface area contributed by atoms with Gasteiger partial charge in [0.25, 0.3) is 0 Å². The molecule has 0 radical (unpaired) electrons. The monoisotopic (exact) mass is 265 g/mol. The highest BCUT2D eigenvalue weighted by Gasteiger charge is 2.32. The van der Waals surface area contributed by atoms with Gasteiger partial charge in [-0.1, -0.05) is 18.0 Å². The van der Waals surface area contributed by atoms with Crippen LogP contribution in [0, 0.1) is 0 Å². The van der Waals surface area contributed by atoms with Gasteiger partial charge in [0.1, 0.15) is 5.69 Å². The van der Waals surface area contributed by atoms with Gasteiger partial charge < -0.3 is 20.9 Å². The number of nitrogens with zero attached hydrogens (tertiary/aromatic N) is 4. The van der Waals surface area contributed by atoms with Crippen LogP contribution in [0.2, 0.25) is 0 Å². The van der Waals surface area contributed by atoms with Crippen molar-refractivity contribution in [3.8, 4) is 0 Å². The van der Waals surface area contributed by atoms with Crippen molar-refractivity contribution in [2.45, 2.75) is 31.3 Å². The minimum atomic E-state index is -0.662. The molecule has 1 aromatic rings. The lowest BCUT2D eigenvalue weighted by molar-refractivity contribution is 0.0556. The molecule has 104 valence electrons. The van der Waals surface area contributed by atoms with Crippen molar-refractivity contribution in [2.24, 2.45) is 10.9 Å². The summed E-state index contributed by atoms with van der Waals surface area (Å²) < 4.78 is 0. The molecule has 7 nitrogen and oxygen atoms in total. The summed E-state index contributed by atoms with van der Waals surface area (Å²) in [6.07, 6.45) is 5.25. The Bertz CT molecular complexity index is 471. The smallest absolute Gasteiger partial charge is 0.225 e. The minimum absolute atomic E-state index is 0.0587. The van der Waals surface area contributed by atoms with E-state index in [0.29, 0.717) is 18.2 Å². The van der Waals surface area contributed by atoms with Crippen molar-refractivity contribution in [1.82, 2.24) is 9.97 Å². The summed E-state index contributed by atoms with van der Waals surface area (Å²) in [4.78, 5) is 10.1. The molecule has 2 rings (SSSR count). The molecule has 1 fully saturated rings. The largest absolute Gasteiger partial charge is 0.409 e. The number of hydrogen-bond acceptors (Lipinski definition) is 6. The van der Waals surface area contributed by atoms with Gasteiger partial charge >= 0.3 is 0 Å². The lowest BCUT2D eigenvalue weighted by Crippen LogP contribution is -2.40. The highest BCUT2D eigenvalue weighted by molar-refractivity contribution is 5.95. The molecule has 1 heterocycles. The molecule has 1 aliphatic rings. The molecule has 19 heavy (non-hydrogen) atoms. The van der Waals surface area contributed by atoms with E-state index < -0.39 is 5.60 Å². The van der Waals surface area contributed by atoms with Gasteiger partial charge in [-0.15, -0.1) is 0 Å². The molecule has 1 aliphatic carbocycles. The number of likely N-dealkylation sites (N-methyl/N-ethyl adjacent to an activating group) is 1. The number of hydrogen-bond donors (Lipinski definition) is 3. The van der Waals surface area contributed by atoms with E-state index in [1.165, 1.54) is 0 Å². The highest BCUT2D eigenvalue weighted by Crippen LogP contribution is 2.30. The minimum Gasteiger partial charge on any atom is -0.409 e. The molecule has 0 aliphatic heterocycles. The van der Waals surface area contributed by atoms with Crippen LogP contribution in [0.25, 0.3) is 0 Å². The maximum atomic E-state index is 10.4. The van der Waals surface area contributed by atoms with Crippen LogP contribution in [0.1, 0.15) is 31.4 Å². The van der Waals surface area contributed by atoms with Crippen LogP contribution in [-0.4, -0.2) is 45.3 Å². The van der Waals surface area contributed by atoms with Crippen LogP contribution < -0.4 is 10.6 Å². The molecule has 0 atom stereocenters. The van der Waals surface area contributed by atoms with Gasteiger partial charge in [0.2, 0.25) is 5.95 Å². The third kappa shape index (κ3) is 3.11. The summed E-state index contributed by atoms with van der Waals surface area (Å²) in [6, 6.07) is 1.57. The molecule has 1 aromatic heterocycles. The average molecular weight is 265 g/mol. The quantitative estimate of drug-likeness (QED) is 0.313. The van der Waals surface area contributed by atoms with Gasteiger partial charge in [0.05, 0.1) is 5.60 Å². The Hall–Kier alpha value is -1.89. The Labute approximate surface area is 111 Å². The third-order valence-corrected chi connectivity index (χ3v) is 3.42. The van der Waals surface area contributed by atoms with Crippen molar-refractivity contribution in [2.75, 3.05) is 18.5 Å². The standard InChI is InChI=1S/C12H19N5O2/c1-17(8-12(18)5-2-3-6-12)11-14-7-4-9(15-11)10(13)16-19/h4,7,18-19H,2-3,5-6,8H2,1H3,(H2,13,16). The van der Waals surface area contributed by atoms with E-state index in [2.05, 4.69) is 15.1 Å². The number of amidine groups is 1. The second-order valence-electron chi connectivity index (χ2n) is 5.01. The molecule has 0 saturated heterocycles. The Morgan fingerprint density at radius 1 is 1.53 bits per heavy atom. The van der Waals surface area contributed by atoms with Gasteiger partial charge in [-0.25, -0.2) is 9.97 Å². The van der Waals surface area contributed by atoms with Crippen LogP contribution in [-0.2, 0) is 0 Å². The third-order valence-electron chi connectivity index (χ3n) is 3.42. The first kappa shape index (κ1) is 13.5. The Morgan fingerprint density at radius 2 is 2.21 bits per heavy atom. The normalized spacial score (nSPS) is 18.5. The lowest BCUT2D eigenvalue weighted by Gasteiger charge is -2.28. The lowest BCUT2D eigenvalue weighted by atomic mass is 10.0. The summed E-state index contributed by atoms with van der Waals surface area (Å²) in [7, 11) is 1.82. The number of aliphatic hydroxyl groups is 1. The van der Waals surface area contributed by atoms with Crippen molar-refractivity contribution >= 4 is 11.8 Å². The van der Waals surface area contributed by atoms with E-state index in [-0.39, 0.29) is 5.84 Å². The van der Waals surface area contributed by atoms with Crippen LogP contribution in [0.4, 0.5) is 5.95 Å². The van der Waals surface area contributed by atoms with Crippen LogP contribution in [0.3, 0.4) is 0 Å². The van der Waals surface area contributed by atoms with Crippen LogP contribution in [0.5, 0.6) is 0 Å². The van der Waals surface area contributed by atoms with E-state index in [9.17, 15) is 5.11 Å². The summed E-state index contributed by atoms with van der Waals surface area (Å²) in [5, 5.41) is 21.9. The van der Waals surface area contributed by atoms with Crippen molar-refractivity contribution in [3.63, 3.8) is 0 Å². The van der Waals surface area contributed by atoms with Crippen LogP contribution in [0.15, 0.2) is 17.4 Å². The number of nitrogens with two attached hydrogens (primary N) is 1. The van der Waals surface area contributed by atoms with Crippen LogP contribution >= 0.6 is 0 Å². The number of rotatable bonds is 4. The van der Waals surface area contributed by atoms with Gasteiger partial charge in [0.15, 0.2) is 5.84 Å². The fraction of sp³-hybridized carbons (Fsp3) is 0.583. The first-order valence-corrected chi connectivity index (χ1v) is 6.28. The molecule has 0 amide bonds. The zero-order valence-electron chi connectivity index (χ0n) is 11.0. The topological polar surface area (TPSA) is 108 Å². The molecule has 0 aromatic carbocycles. The first-order valence-electron chi connectivity index (χ1n) is 6.28. The number of oxime groups is 1. The fourth-order valence-corrected chi connectivity index (χ4v) is 2.43. The van der Waals surface area contributed by atoms with Gasteiger partial charge in [0, 0.05) is 19.8 Å². The highest BCUT2D eigenvalue weighted by atomic mass is 16.4. The molecular formula is C12H19N5O2. The van der Waals surface area contributed by atoms with Crippen molar-refractivity contribution < 1.29 is 10.3 Å². The van der Waals surface area contributed by atoms with Crippen molar-refractivity contribution in [1.29, 1.82) is 0 Å². The van der Waals surface area contributed by atoms with Gasteiger partial charge in [-0.2, -0.15) is 0 Å². The van der Waals surface area contributed by atoms with E-state index in [1.807, 2.05) is 7.05 Å². The van der Waals surface area contributed by atoms with Gasteiger partial charge in [-0.05, 0) is 18.9 Å². The second-order valence-corrected chi connectivity index (χ2v) is 5.01. The van der Waals surface area contributed by atoms with Gasteiger partial charge in [-0.3, -0.25) is 0 Å². The first-order chi connectivity index (χ1) is 9.04. The molecule has 0 bridgehead atoms. The SMILES string of the molecule is CN(CC1(O)CCCC1)c1nccc(/C(N)=N/O)n1. The summed E-state index contributed by atoms with van der Waals surface area (Å²) in [5.74, 6) is 0.390. The molecule has 7 heteroatoms. The number of aromatic nitrogens is 2. The summed E-state index contributed by atoms with van der Waals surface area (Å²) in [6.45, 7) is 0.479. The average Bonchev–Trinajstić information content (AvgIpc) is 2.84. The molecular weight excluding hydrogens is 246 g/mol. The van der Waals surface area contributed by atoms with E-state index in [1.54, 1.807) is 17.2 Å². The number of anilines is 1. The summed E-state index contributed by atoms with van der Waals surface area (Å²) >= 11 is 0. The zero-order chi connectivity index (χ0) is 13.9. The Morgan fingerprint density at radius 3 is 2.84 bits per heavy atom. The molecule has 0 unspecified atom stereocenters. The van der Waals surface area contributed by atoms with E-state index in [4.69, 9.17) is 10.9 Å². The predicted octanol–water partition coefficient (Wildman–Crippen LogP) is 0.312. The molecule has 0 spiro atoms. The van der Waals surface area contributed by atoms with E-state index >= 15 is 0 Å². The zero-order valence-corrected chi connectivity index (χ0v) is 11.0. The maximum absolute atomic E-state index is 10.4. The Balaban J connectivity index is 2.12. The van der Waals surface area contributed by atoms with E-state index in [0.717, 1.165) is 25.7 Å². The second kappa shape index (κ2) is 5.40. The fourth-order valence-electron chi connectivity index (χ4n) is 2.43.